The Morgan fingerprint density at radius 3 is 2.04 bits per heavy atom. The zero-order chi connectivity index (χ0) is 16.7. The molecule has 2 atom stereocenters. The molecule has 0 aliphatic heterocycles. The lowest BCUT2D eigenvalue weighted by atomic mass is 9.99. The van der Waals surface area contributed by atoms with Crippen LogP contribution in [0.15, 0.2) is 59.5 Å². The molecule has 2 aromatic carbocycles. The number of hydrogen-bond donors (Lipinski definition) is 2. The average Bonchev–Trinajstić information content (AvgIpc) is 3.27. The number of benzene rings is 2. The molecule has 2 aromatic rings. The van der Waals surface area contributed by atoms with Gasteiger partial charge in [-0.25, -0.2) is 8.42 Å². The third-order valence-corrected chi connectivity index (χ3v) is 7.32. The fraction of sp³-hybridized carbons (Fsp3) is 0.333. The van der Waals surface area contributed by atoms with E-state index in [0.29, 0.717) is 4.90 Å². The molecule has 0 unspecified atom stereocenters. The topological polar surface area (TPSA) is 86.2 Å². The molecule has 0 saturated heterocycles. The van der Waals surface area contributed by atoms with Crippen molar-refractivity contribution < 1.29 is 8.42 Å². The van der Waals surface area contributed by atoms with Crippen LogP contribution in [0.5, 0.6) is 0 Å². The summed E-state index contributed by atoms with van der Waals surface area (Å²) in [5, 5.41) is -0.560. The van der Waals surface area contributed by atoms with Crippen LogP contribution in [0, 0.1) is 12.3 Å². The van der Waals surface area contributed by atoms with Crippen molar-refractivity contribution in [3.05, 3.63) is 65.7 Å². The fourth-order valence-corrected chi connectivity index (χ4v) is 6.03. The summed E-state index contributed by atoms with van der Waals surface area (Å²) < 4.78 is 26.2. The van der Waals surface area contributed by atoms with Crippen LogP contribution in [-0.4, -0.2) is 26.8 Å². The maximum Gasteiger partial charge on any atom is 0.182 e. The first-order chi connectivity index (χ1) is 11.0. The SMILES string of the molecule is Cc1ccc(S(=O)(=O)[C@@H]2[C@@H](c3ccccc3)C2(CN)CN)cc1. The molecule has 0 radical (unpaired) electrons. The van der Waals surface area contributed by atoms with Crippen molar-refractivity contribution in [2.24, 2.45) is 16.9 Å². The van der Waals surface area contributed by atoms with Gasteiger partial charge in [0.25, 0.3) is 0 Å². The van der Waals surface area contributed by atoms with Gasteiger partial charge in [-0.2, -0.15) is 0 Å². The van der Waals surface area contributed by atoms with E-state index >= 15 is 0 Å². The van der Waals surface area contributed by atoms with Crippen molar-refractivity contribution in [3.8, 4) is 0 Å². The van der Waals surface area contributed by atoms with Crippen LogP contribution in [0.1, 0.15) is 17.0 Å². The van der Waals surface area contributed by atoms with Gasteiger partial charge in [0.1, 0.15) is 0 Å². The van der Waals surface area contributed by atoms with E-state index in [2.05, 4.69) is 0 Å². The molecule has 4 nitrogen and oxygen atoms in total. The number of aryl methyl sites for hydroxylation is 1. The van der Waals surface area contributed by atoms with Crippen molar-refractivity contribution in [1.82, 2.24) is 0 Å². The minimum absolute atomic E-state index is 0.148. The number of nitrogens with two attached hydrogens (primary N) is 2. The van der Waals surface area contributed by atoms with Crippen LogP contribution in [0.3, 0.4) is 0 Å². The maximum atomic E-state index is 13.1. The first-order valence-corrected chi connectivity index (χ1v) is 9.27. The van der Waals surface area contributed by atoms with Crippen molar-refractivity contribution in [1.29, 1.82) is 0 Å². The van der Waals surface area contributed by atoms with Gasteiger partial charge in [0.15, 0.2) is 9.84 Å². The molecule has 0 amide bonds. The maximum absolute atomic E-state index is 13.1. The van der Waals surface area contributed by atoms with Gasteiger partial charge in [-0.1, -0.05) is 48.0 Å². The van der Waals surface area contributed by atoms with Crippen LogP contribution in [-0.2, 0) is 9.84 Å². The number of hydrogen-bond acceptors (Lipinski definition) is 4. The molecular weight excluding hydrogens is 308 g/mol. The third-order valence-electron chi connectivity index (χ3n) is 4.98. The van der Waals surface area contributed by atoms with Gasteiger partial charge in [0.05, 0.1) is 10.1 Å². The van der Waals surface area contributed by atoms with Gasteiger partial charge in [-0.15, -0.1) is 0 Å². The molecule has 3 rings (SSSR count). The second-order valence-electron chi connectivity index (χ2n) is 6.31. The molecule has 0 bridgehead atoms. The van der Waals surface area contributed by atoms with E-state index in [1.807, 2.05) is 49.4 Å². The predicted octanol–water partition coefficient (Wildman–Crippen LogP) is 1.84. The van der Waals surface area contributed by atoms with Crippen molar-refractivity contribution in [2.45, 2.75) is 23.0 Å². The smallest absolute Gasteiger partial charge is 0.182 e. The minimum atomic E-state index is -3.47. The van der Waals surface area contributed by atoms with E-state index in [4.69, 9.17) is 11.5 Å². The molecule has 1 fully saturated rings. The van der Waals surface area contributed by atoms with Gasteiger partial charge in [-0.3, -0.25) is 0 Å². The highest BCUT2D eigenvalue weighted by molar-refractivity contribution is 7.92. The largest absolute Gasteiger partial charge is 0.330 e. The highest BCUT2D eigenvalue weighted by Gasteiger charge is 2.69. The van der Waals surface area contributed by atoms with Crippen LogP contribution >= 0.6 is 0 Å². The summed E-state index contributed by atoms with van der Waals surface area (Å²) in [5.41, 5.74) is 13.3. The predicted molar refractivity (Wildman–Crippen MR) is 91.9 cm³/mol. The van der Waals surface area contributed by atoms with Gasteiger partial charge in [0.2, 0.25) is 0 Å². The second kappa shape index (κ2) is 5.74. The Kier molecular flexibility index (Phi) is 4.04. The monoisotopic (exact) mass is 330 g/mol. The minimum Gasteiger partial charge on any atom is -0.330 e. The van der Waals surface area contributed by atoms with E-state index in [0.717, 1.165) is 11.1 Å². The standard InChI is InChI=1S/C18H22N2O2S/c1-13-7-9-15(10-8-13)23(21,22)17-16(18(17,11-19)12-20)14-5-3-2-4-6-14/h2-10,16-17H,11-12,19-20H2,1H3/t16-,17-/m1/s1. The number of sulfone groups is 1. The molecule has 5 heteroatoms. The summed E-state index contributed by atoms with van der Waals surface area (Å²) in [5.74, 6) is -0.148. The van der Waals surface area contributed by atoms with Crippen LogP contribution in [0.4, 0.5) is 0 Å². The molecule has 0 spiro atoms. The average molecular weight is 330 g/mol. The Balaban J connectivity index is 2.05. The summed E-state index contributed by atoms with van der Waals surface area (Å²) in [4.78, 5) is 0.345. The Bertz CT molecular complexity index is 782. The van der Waals surface area contributed by atoms with Crippen LogP contribution in [0.2, 0.25) is 0 Å². The first-order valence-electron chi connectivity index (χ1n) is 7.73. The highest BCUT2D eigenvalue weighted by atomic mass is 32.2. The van der Waals surface area contributed by atoms with Crippen molar-refractivity contribution >= 4 is 9.84 Å². The lowest BCUT2D eigenvalue weighted by molar-refractivity contribution is 0.510. The van der Waals surface area contributed by atoms with Gasteiger partial charge in [0, 0.05) is 24.4 Å². The van der Waals surface area contributed by atoms with Gasteiger partial charge in [-0.05, 0) is 24.6 Å². The summed E-state index contributed by atoms with van der Waals surface area (Å²) in [6.45, 7) is 2.46. The Morgan fingerprint density at radius 1 is 0.957 bits per heavy atom. The molecule has 1 aliphatic carbocycles. The summed E-state index contributed by atoms with van der Waals surface area (Å²) in [6, 6.07) is 16.6. The third kappa shape index (κ3) is 2.49. The van der Waals surface area contributed by atoms with E-state index in [9.17, 15) is 8.42 Å². The lowest BCUT2D eigenvalue weighted by Crippen LogP contribution is -2.31. The zero-order valence-electron chi connectivity index (χ0n) is 13.1. The van der Waals surface area contributed by atoms with Crippen LogP contribution in [0.25, 0.3) is 0 Å². The quantitative estimate of drug-likeness (QED) is 0.876. The molecule has 1 saturated carbocycles. The molecule has 0 aromatic heterocycles. The number of rotatable bonds is 5. The first kappa shape index (κ1) is 16.2. The lowest BCUT2D eigenvalue weighted by Gasteiger charge is -2.13. The van der Waals surface area contributed by atoms with E-state index in [1.165, 1.54) is 0 Å². The van der Waals surface area contributed by atoms with E-state index in [1.54, 1.807) is 12.1 Å². The molecule has 23 heavy (non-hydrogen) atoms. The van der Waals surface area contributed by atoms with E-state index in [-0.39, 0.29) is 19.0 Å². The van der Waals surface area contributed by atoms with Crippen LogP contribution < -0.4 is 11.5 Å². The summed E-state index contributed by atoms with van der Waals surface area (Å²) in [6.07, 6.45) is 0. The van der Waals surface area contributed by atoms with Crippen molar-refractivity contribution in [3.63, 3.8) is 0 Å². The van der Waals surface area contributed by atoms with E-state index < -0.39 is 20.5 Å². The summed E-state index contributed by atoms with van der Waals surface area (Å²) in [7, 11) is -3.47. The highest BCUT2D eigenvalue weighted by Crippen LogP contribution is 2.62. The van der Waals surface area contributed by atoms with Gasteiger partial charge >= 0.3 is 0 Å². The molecule has 1 aliphatic rings. The molecule has 4 N–H and O–H groups in total. The Hall–Kier alpha value is -1.69. The zero-order valence-corrected chi connectivity index (χ0v) is 14.0. The Labute approximate surface area is 137 Å². The molecule has 0 heterocycles. The normalized spacial score (nSPS) is 22.7. The fourth-order valence-electron chi connectivity index (χ4n) is 3.55. The second-order valence-corrected chi connectivity index (χ2v) is 8.38. The Morgan fingerprint density at radius 2 is 1.52 bits per heavy atom. The molecular formula is C18H22N2O2S. The van der Waals surface area contributed by atoms with Crippen molar-refractivity contribution in [2.75, 3.05) is 13.1 Å². The van der Waals surface area contributed by atoms with Gasteiger partial charge < -0.3 is 11.5 Å². The summed E-state index contributed by atoms with van der Waals surface area (Å²) >= 11 is 0. The molecule has 122 valence electrons.